The standard InChI is InChI=1S/C34H28N.W/c1-3-7-30-26(5-1)27-11-9-22(23-10-12-29-28-6-2-4-8-32(28)35-33(29)19-23)18-31(27)34(30)24-14-20-13-21(16-24)17-25(34)15-20;/h1-12,18-21,24-25H,13-17H2;/q-1;. The van der Waals surface area contributed by atoms with Crippen LogP contribution in [0.4, 0.5) is 0 Å². The SMILES string of the molecule is [W].c1ccc2c(c1)-c1ccc(-c3ccc4c(c3)[n-]c3ccccc34)cc1C21C2CC3CC(C2)CC1C3. The molecule has 4 saturated carbocycles. The van der Waals surface area contributed by atoms with Crippen molar-refractivity contribution in [3.63, 3.8) is 0 Å². The average molecular weight is 634 g/mol. The van der Waals surface area contributed by atoms with E-state index >= 15 is 0 Å². The number of para-hydroxylation sites is 1. The van der Waals surface area contributed by atoms with Crippen LogP contribution in [0.1, 0.15) is 43.2 Å². The summed E-state index contributed by atoms with van der Waals surface area (Å²) in [6, 6.07) is 32.2. The van der Waals surface area contributed by atoms with Crippen molar-refractivity contribution < 1.29 is 21.1 Å². The monoisotopic (exact) mass is 634 g/mol. The van der Waals surface area contributed by atoms with Crippen molar-refractivity contribution in [3.8, 4) is 22.3 Å². The van der Waals surface area contributed by atoms with E-state index in [-0.39, 0.29) is 26.5 Å². The van der Waals surface area contributed by atoms with Crippen LogP contribution in [-0.2, 0) is 26.5 Å². The molecule has 0 unspecified atom stereocenters. The Kier molecular flexibility index (Phi) is 4.44. The Morgan fingerprint density at radius 3 is 2.03 bits per heavy atom. The van der Waals surface area contributed by atoms with Crippen molar-refractivity contribution >= 4 is 21.8 Å². The molecule has 1 heterocycles. The fourth-order valence-electron chi connectivity index (χ4n) is 9.29. The molecule has 1 spiro atoms. The van der Waals surface area contributed by atoms with Crippen LogP contribution in [0.2, 0.25) is 0 Å². The first-order valence-electron chi connectivity index (χ1n) is 13.5. The second-order valence-electron chi connectivity index (χ2n) is 11.8. The third-order valence-electron chi connectivity index (χ3n) is 10.3. The fraction of sp³-hybridized carbons (Fsp3) is 0.294. The molecular formula is C34H28NW-. The first-order chi connectivity index (χ1) is 17.3. The van der Waals surface area contributed by atoms with Gasteiger partial charge in [-0.25, -0.2) is 0 Å². The molecule has 10 rings (SSSR count). The van der Waals surface area contributed by atoms with Gasteiger partial charge in [0.2, 0.25) is 0 Å². The first kappa shape index (κ1) is 21.5. The van der Waals surface area contributed by atoms with Crippen LogP contribution in [-0.4, -0.2) is 0 Å². The van der Waals surface area contributed by atoms with E-state index in [1.54, 1.807) is 11.1 Å². The van der Waals surface area contributed by atoms with Gasteiger partial charge in [0.05, 0.1) is 0 Å². The van der Waals surface area contributed by atoms with Crippen molar-refractivity contribution in [2.24, 2.45) is 23.7 Å². The van der Waals surface area contributed by atoms with Crippen LogP contribution in [0.25, 0.3) is 44.1 Å². The maximum Gasteiger partial charge on any atom is 0.0272 e. The summed E-state index contributed by atoms with van der Waals surface area (Å²) < 4.78 is 0. The van der Waals surface area contributed by atoms with Gasteiger partial charge in [0.15, 0.2) is 0 Å². The predicted molar refractivity (Wildman–Crippen MR) is 143 cm³/mol. The molecule has 0 saturated heterocycles. The molecule has 4 bridgehead atoms. The second kappa shape index (κ2) is 7.45. The molecule has 2 heteroatoms. The van der Waals surface area contributed by atoms with Crippen LogP contribution >= 0.6 is 0 Å². The molecule has 176 valence electrons. The maximum absolute atomic E-state index is 4.95. The van der Waals surface area contributed by atoms with Gasteiger partial charge in [-0.1, -0.05) is 78.9 Å². The normalized spacial score (nSPS) is 29.0. The predicted octanol–water partition coefficient (Wildman–Crippen LogP) is 8.34. The number of rotatable bonds is 1. The van der Waals surface area contributed by atoms with Crippen molar-refractivity contribution in [3.05, 3.63) is 96.1 Å². The summed E-state index contributed by atoms with van der Waals surface area (Å²) in [6.07, 6.45) is 7.22. The van der Waals surface area contributed by atoms with Crippen LogP contribution in [0.5, 0.6) is 0 Å². The smallest absolute Gasteiger partial charge is 0.0272 e. The van der Waals surface area contributed by atoms with Gasteiger partial charge in [-0.2, -0.15) is 0 Å². The van der Waals surface area contributed by atoms with E-state index in [0.717, 1.165) is 34.7 Å². The molecule has 0 radical (unpaired) electrons. The molecule has 1 aromatic heterocycles. The Morgan fingerprint density at radius 1 is 0.556 bits per heavy atom. The Bertz CT molecular complexity index is 1650. The van der Waals surface area contributed by atoms with Crippen LogP contribution in [0.15, 0.2) is 84.9 Å². The average Bonchev–Trinajstić information content (AvgIpc) is 3.40. The molecule has 0 aliphatic heterocycles. The van der Waals surface area contributed by atoms with E-state index in [1.165, 1.54) is 65.1 Å². The summed E-state index contributed by atoms with van der Waals surface area (Å²) in [6.45, 7) is 0. The van der Waals surface area contributed by atoms with Crippen molar-refractivity contribution in [2.75, 3.05) is 0 Å². The van der Waals surface area contributed by atoms with Crippen molar-refractivity contribution in [1.29, 1.82) is 0 Å². The number of benzene rings is 4. The van der Waals surface area contributed by atoms with Gasteiger partial charge in [0, 0.05) is 26.5 Å². The van der Waals surface area contributed by atoms with Gasteiger partial charge < -0.3 is 4.98 Å². The molecule has 4 aromatic carbocycles. The van der Waals surface area contributed by atoms with Crippen molar-refractivity contribution in [2.45, 2.75) is 37.5 Å². The van der Waals surface area contributed by atoms with E-state index in [4.69, 9.17) is 4.98 Å². The van der Waals surface area contributed by atoms with E-state index in [1.807, 2.05) is 0 Å². The van der Waals surface area contributed by atoms with Crippen LogP contribution < -0.4 is 4.98 Å². The summed E-state index contributed by atoms with van der Waals surface area (Å²) >= 11 is 0. The summed E-state index contributed by atoms with van der Waals surface area (Å²) in [5.41, 5.74) is 11.3. The summed E-state index contributed by atoms with van der Waals surface area (Å²) in [4.78, 5) is 4.95. The molecule has 5 aromatic rings. The molecule has 36 heavy (non-hydrogen) atoms. The zero-order chi connectivity index (χ0) is 22.7. The number of hydrogen-bond donors (Lipinski definition) is 0. The summed E-state index contributed by atoms with van der Waals surface area (Å²) in [5.74, 6) is 3.56. The van der Waals surface area contributed by atoms with Crippen LogP contribution in [0.3, 0.4) is 0 Å². The third kappa shape index (κ3) is 2.61. The van der Waals surface area contributed by atoms with Gasteiger partial charge in [0.25, 0.3) is 0 Å². The quantitative estimate of drug-likeness (QED) is 0.181. The Hall–Kier alpha value is -2.63. The van der Waals surface area contributed by atoms with E-state index in [2.05, 4.69) is 84.9 Å². The molecule has 0 atom stereocenters. The zero-order valence-corrected chi connectivity index (χ0v) is 23.2. The second-order valence-corrected chi connectivity index (χ2v) is 11.8. The molecule has 5 aliphatic rings. The number of aromatic nitrogens is 1. The zero-order valence-electron chi connectivity index (χ0n) is 20.3. The minimum atomic E-state index is 0. The largest absolute Gasteiger partial charge is 0.657 e. The van der Waals surface area contributed by atoms with E-state index < -0.39 is 0 Å². The molecule has 5 aliphatic carbocycles. The number of fused-ring (bicyclic) bond motifs is 6. The van der Waals surface area contributed by atoms with Gasteiger partial charge in [-0.05, 0) is 106 Å². The Balaban J connectivity index is 0.00000205. The fourth-order valence-corrected chi connectivity index (χ4v) is 9.29. The Morgan fingerprint density at radius 2 is 1.19 bits per heavy atom. The summed E-state index contributed by atoms with van der Waals surface area (Å²) in [7, 11) is 0. The van der Waals surface area contributed by atoms with E-state index in [9.17, 15) is 0 Å². The molecule has 0 N–H and O–H groups in total. The first-order valence-corrected chi connectivity index (χ1v) is 13.5. The van der Waals surface area contributed by atoms with Gasteiger partial charge in [-0.15, -0.1) is 11.0 Å². The molecule has 0 amide bonds. The maximum atomic E-state index is 4.95. The minimum Gasteiger partial charge on any atom is -0.657 e. The topological polar surface area (TPSA) is 14.1 Å². The minimum absolute atomic E-state index is 0. The van der Waals surface area contributed by atoms with Gasteiger partial charge in [0.1, 0.15) is 0 Å². The molecule has 4 fully saturated rings. The van der Waals surface area contributed by atoms with E-state index in [0.29, 0.717) is 0 Å². The number of hydrogen-bond acceptors (Lipinski definition) is 0. The Labute approximate surface area is 226 Å². The van der Waals surface area contributed by atoms with Gasteiger partial charge in [-0.3, -0.25) is 0 Å². The third-order valence-corrected chi connectivity index (χ3v) is 10.3. The van der Waals surface area contributed by atoms with Gasteiger partial charge >= 0.3 is 0 Å². The summed E-state index contributed by atoms with van der Waals surface area (Å²) in [5, 5.41) is 2.52. The van der Waals surface area contributed by atoms with Crippen LogP contribution in [0, 0.1) is 23.7 Å². The number of nitrogens with zero attached hydrogens (tertiary/aromatic N) is 1. The molecular weight excluding hydrogens is 606 g/mol. The van der Waals surface area contributed by atoms with Crippen molar-refractivity contribution in [1.82, 2.24) is 4.98 Å². The molecule has 1 nitrogen and oxygen atoms in total.